The Kier molecular flexibility index (Phi) is 6.35. The summed E-state index contributed by atoms with van der Waals surface area (Å²) in [4.78, 5) is 8.71. The minimum Gasteiger partial charge on any atom is -0.478 e. The first kappa shape index (κ1) is 21.1. The molecule has 31 heavy (non-hydrogen) atoms. The van der Waals surface area contributed by atoms with E-state index in [2.05, 4.69) is 16.9 Å². The number of aliphatic imine (C=N–C) groups is 1. The molecule has 1 aromatic heterocycles. The smallest absolute Gasteiger partial charge is 0.213 e. The van der Waals surface area contributed by atoms with Gasteiger partial charge in [0.15, 0.2) is 0 Å². The molecule has 3 nitrogen and oxygen atoms in total. The van der Waals surface area contributed by atoms with Gasteiger partial charge < -0.3 is 4.74 Å². The van der Waals surface area contributed by atoms with Crippen molar-refractivity contribution in [1.82, 2.24) is 4.98 Å². The predicted molar refractivity (Wildman–Crippen MR) is 115 cm³/mol. The largest absolute Gasteiger partial charge is 0.478 e. The van der Waals surface area contributed by atoms with Gasteiger partial charge in [0, 0.05) is 29.1 Å². The molecule has 6 heteroatoms. The Labute approximate surface area is 179 Å². The predicted octanol–water partition coefficient (Wildman–Crippen LogP) is 6.67. The van der Waals surface area contributed by atoms with Gasteiger partial charge in [-0.1, -0.05) is 31.5 Å². The number of ether oxygens (including phenoxy) is 1. The topological polar surface area (TPSA) is 34.5 Å². The third-order valence-corrected chi connectivity index (χ3v) is 5.39. The summed E-state index contributed by atoms with van der Waals surface area (Å²) >= 11 is 0. The maximum absolute atomic E-state index is 14.9. The molecule has 1 aliphatic rings. The van der Waals surface area contributed by atoms with Gasteiger partial charge in [-0.15, -0.1) is 0 Å². The van der Waals surface area contributed by atoms with Gasteiger partial charge in [0.2, 0.25) is 5.88 Å². The average Bonchev–Trinajstić information content (AvgIpc) is 3.23. The van der Waals surface area contributed by atoms with Crippen molar-refractivity contribution in [2.75, 3.05) is 6.61 Å². The molecule has 0 amide bonds. The molecule has 2 heterocycles. The van der Waals surface area contributed by atoms with Crippen LogP contribution in [0.2, 0.25) is 0 Å². The number of unbranched alkanes of at least 4 members (excludes halogenated alkanes) is 1. The van der Waals surface area contributed by atoms with E-state index in [-0.39, 0.29) is 5.56 Å². The molecule has 3 aromatic rings. The summed E-state index contributed by atoms with van der Waals surface area (Å²) in [5.41, 5.74) is 2.11. The number of halogens is 3. The summed E-state index contributed by atoms with van der Waals surface area (Å²) in [7, 11) is 0. The van der Waals surface area contributed by atoms with Crippen LogP contribution in [0.4, 0.5) is 13.2 Å². The number of rotatable bonds is 7. The molecular formula is C25H23F3N2O. The fourth-order valence-corrected chi connectivity index (χ4v) is 3.71. The number of pyridine rings is 1. The molecule has 0 spiro atoms. The lowest BCUT2D eigenvalue weighted by Gasteiger charge is -2.11. The van der Waals surface area contributed by atoms with Gasteiger partial charge in [-0.25, -0.2) is 18.2 Å². The summed E-state index contributed by atoms with van der Waals surface area (Å²) in [6.45, 7) is 2.71. The molecule has 1 atom stereocenters. The fourth-order valence-electron chi connectivity index (χ4n) is 3.71. The maximum Gasteiger partial charge on any atom is 0.213 e. The summed E-state index contributed by atoms with van der Waals surface area (Å²) in [6.07, 6.45) is 4.57. The Morgan fingerprint density at radius 2 is 1.74 bits per heavy atom. The second-order valence-electron chi connectivity index (χ2n) is 7.55. The average molecular weight is 424 g/mol. The number of aromatic nitrogens is 1. The Balaban J connectivity index is 1.52. The first-order valence-electron chi connectivity index (χ1n) is 10.5. The summed E-state index contributed by atoms with van der Waals surface area (Å²) in [6, 6.07) is 11.8. The second kappa shape index (κ2) is 9.33. The van der Waals surface area contributed by atoms with Crippen molar-refractivity contribution in [2.24, 2.45) is 4.99 Å². The monoisotopic (exact) mass is 424 g/mol. The van der Waals surface area contributed by atoms with Crippen molar-refractivity contribution in [3.63, 3.8) is 0 Å². The minimum atomic E-state index is -0.648. The quantitative estimate of drug-likeness (QED) is 0.397. The van der Waals surface area contributed by atoms with E-state index in [1.807, 2.05) is 12.1 Å². The van der Waals surface area contributed by atoms with E-state index in [1.165, 1.54) is 24.3 Å². The van der Waals surface area contributed by atoms with Crippen molar-refractivity contribution in [1.29, 1.82) is 0 Å². The number of hydrogen-bond acceptors (Lipinski definition) is 3. The van der Waals surface area contributed by atoms with Crippen LogP contribution in [0, 0.1) is 17.5 Å². The molecule has 160 valence electrons. The van der Waals surface area contributed by atoms with Gasteiger partial charge in [0.25, 0.3) is 0 Å². The van der Waals surface area contributed by atoms with E-state index in [9.17, 15) is 13.2 Å². The molecule has 0 unspecified atom stereocenters. The van der Waals surface area contributed by atoms with Gasteiger partial charge in [0.05, 0.1) is 18.2 Å². The van der Waals surface area contributed by atoms with Gasteiger partial charge in [0.1, 0.15) is 17.5 Å². The highest BCUT2D eigenvalue weighted by atomic mass is 19.1. The Morgan fingerprint density at radius 3 is 2.42 bits per heavy atom. The first-order valence-corrected chi connectivity index (χ1v) is 10.5. The summed E-state index contributed by atoms with van der Waals surface area (Å²) in [5, 5.41) is 0. The van der Waals surface area contributed by atoms with Gasteiger partial charge in [-0.3, -0.25) is 4.99 Å². The maximum atomic E-state index is 14.9. The van der Waals surface area contributed by atoms with E-state index >= 15 is 0 Å². The lowest BCUT2D eigenvalue weighted by Crippen LogP contribution is -2.03. The minimum absolute atomic E-state index is 0.116. The van der Waals surface area contributed by atoms with Crippen LogP contribution in [-0.2, 0) is 0 Å². The van der Waals surface area contributed by atoms with Crippen LogP contribution in [0.5, 0.6) is 5.88 Å². The van der Waals surface area contributed by atoms with Crippen LogP contribution in [0.25, 0.3) is 11.1 Å². The highest BCUT2D eigenvalue weighted by molar-refractivity contribution is 6.02. The molecular weight excluding hydrogens is 401 g/mol. The highest BCUT2D eigenvalue weighted by Gasteiger charge is 2.26. The van der Waals surface area contributed by atoms with Gasteiger partial charge in [-0.2, -0.15) is 0 Å². The molecule has 0 radical (unpaired) electrons. The van der Waals surface area contributed by atoms with E-state index in [1.54, 1.807) is 18.3 Å². The normalized spacial score (nSPS) is 15.7. The number of nitrogens with zero attached hydrogens (tertiary/aromatic N) is 2. The van der Waals surface area contributed by atoms with Gasteiger partial charge >= 0.3 is 0 Å². The molecule has 0 aliphatic carbocycles. The van der Waals surface area contributed by atoms with Crippen LogP contribution in [0.15, 0.2) is 59.7 Å². The van der Waals surface area contributed by atoms with Crippen LogP contribution >= 0.6 is 0 Å². The Bertz CT molecular complexity index is 1080. The zero-order valence-corrected chi connectivity index (χ0v) is 17.2. The van der Waals surface area contributed by atoms with Crippen molar-refractivity contribution in [3.05, 3.63) is 83.3 Å². The number of hydrogen-bond donors (Lipinski definition) is 0. The highest BCUT2D eigenvalue weighted by Crippen LogP contribution is 2.35. The van der Waals surface area contributed by atoms with Crippen molar-refractivity contribution < 1.29 is 17.9 Å². The standard InChI is InChI=1S/C25H23F3N2O/c1-2-3-13-31-24-12-8-17(15-29-24)16-7-9-18(21(28)14-16)22-10-11-23(30-22)25-19(26)5-4-6-20(25)27/h4-9,12,14-15,22H,2-3,10-11,13H2,1H3/t22-/m1/s1. The molecule has 0 fully saturated rings. The lowest BCUT2D eigenvalue weighted by molar-refractivity contribution is 0.298. The molecule has 0 saturated heterocycles. The molecule has 2 aromatic carbocycles. The lowest BCUT2D eigenvalue weighted by atomic mass is 9.99. The van der Waals surface area contributed by atoms with E-state index in [0.717, 1.165) is 18.4 Å². The van der Waals surface area contributed by atoms with Gasteiger partial charge in [-0.05, 0) is 49.1 Å². The molecule has 0 bridgehead atoms. The zero-order chi connectivity index (χ0) is 21.8. The summed E-state index contributed by atoms with van der Waals surface area (Å²) in [5.74, 6) is -1.15. The zero-order valence-electron chi connectivity index (χ0n) is 17.2. The van der Waals surface area contributed by atoms with Crippen LogP contribution in [0.1, 0.15) is 49.8 Å². The van der Waals surface area contributed by atoms with Crippen LogP contribution in [0.3, 0.4) is 0 Å². The fraction of sp³-hybridized carbons (Fsp3) is 0.280. The van der Waals surface area contributed by atoms with Crippen molar-refractivity contribution in [3.8, 4) is 17.0 Å². The van der Waals surface area contributed by atoms with Crippen LogP contribution in [-0.4, -0.2) is 17.3 Å². The molecule has 0 N–H and O–H groups in total. The summed E-state index contributed by atoms with van der Waals surface area (Å²) < 4.78 is 48.6. The Morgan fingerprint density at radius 1 is 0.968 bits per heavy atom. The van der Waals surface area contributed by atoms with Crippen LogP contribution < -0.4 is 4.74 Å². The van der Waals surface area contributed by atoms with E-state index in [0.29, 0.717) is 42.2 Å². The van der Waals surface area contributed by atoms with E-state index < -0.39 is 23.5 Å². The molecule has 4 rings (SSSR count). The molecule has 1 aliphatic heterocycles. The SMILES string of the molecule is CCCCOc1ccc(-c2ccc([C@H]3CCC(c4c(F)cccc4F)=N3)c(F)c2)cn1. The van der Waals surface area contributed by atoms with Crippen molar-refractivity contribution in [2.45, 2.75) is 38.6 Å². The third kappa shape index (κ3) is 4.63. The van der Waals surface area contributed by atoms with Crippen molar-refractivity contribution >= 4 is 5.71 Å². The Hall–Kier alpha value is -3.15. The first-order chi connectivity index (χ1) is 15.1. The molecule has 0 saturated carbocycles. The number of benzene rings is 2. The van der Waals surface area contributed by atoms with E-state index in [4.69, 9.17) is 4.74 Å². The third-order valence-electron chi connectivity index (χ3n) is 5.39. The second-order valence-corrected chi connectivity index (χ2v) is 7.55.